The van der Waals surface area contributed by atoms with E-state index >= 15 is 0 Å². The van der Waals surface area contributed by atoms with Crippen LogP contribution in [0.2, 0.25) is 0 Å². The second-order valence-corrected chi connectivity index (χ2v) is 6.65. The molecular formula is C18H26N2O. The first-order chi connectivity index (χ1) is 10.3. The molecule has 1 aromatic rings. The summed E-state index contributed by atoms with van der Waals surface area (Å²) in [4.78, 5) is 12.4. The third-order valence-corrected chi connectivity index (χ3v) is 5.14. The van der Waals surface area contributed by atoms with E-state index in [1.54, 1.807) is 0 Å². The molecule has 2 aliphatic rings. The normalized spacial score (nSPS) is 27.1. The monoisotopic (exact) mass is 286 g/mol. The van der Waals surface area contributed by atoms with Crippen molar-refractivity contribution in [3.63, 3.8) is 0 Å². The van der Waals surface area contributed by atoms with Crippen molar-refractivity contribution < 1.29 is 4.79 Å². The SMILES string of the molecule is NCC(NC(=O)C1CCC(c2ccccc2)CC1)C1CC1. The van der Waals surface area contributed by atoms with Crippen molar-refractivity contribution in [2.45, 2.75) is 50.5 Å². The third kappa shape index (κ3) is 3.65. The highest BCUT2D eigenvalue weighted by Crippen LogP contribution is 2.36. The van der Waals surface area contributed by atoms with E-state index in [1.165, 1.54) is 18.4 Å². The Morgan fingerprint density at radius 3 is 2.33 bits per heavy atom. The van der Waals surface area contributed by atoms with Crippen molar-refractivity contribution >= 4 is 5.91 Å². The molecule has 1 unspecified atom stereocenters. The number of nitrogens with two attached hydrogens (primary N) is 1. The van der Waals surface area contributed by atoms with E-state index in [0.29, 0.717) is 18.4 Å². The van der Waals surface area contributed by atoms with Gasteiger partial charge in [0.05, 0.1) is 0 Å². The van der Waals surface area contributed by atoms with Gasteiger partial charge in [-0.2, -0.15) is 0 Å². The van der Waals surface area contributed by atoms with Crippen LogP contribution in [0.25, 0.3) is 0 Å². The maximum atomic E-state index is 12.4. The van der Waals surface area contributed by atoms with Gasteiger partial charge in [0, 0.05) is 18.5 Å². The number of rotatable bonds is 5. The van der Waals surface area contributed by atoms with E-state index in [2.05, 4.69) is 35.6 Å². The number of nitrogens with one attached hydrogen (secondary N) is 1. The molecule has 3 rings (SSSR count). The molecule has 0 saturated heterocycles. The molecular weight excluding hydrogens is 260 g/mol. The number of hydrogen-bond donors (Lipinski definition) is 2. The Balaban J connectivity index is 1.49. The van der Waals surface area contributed by atoms with Crippen LogP contribution in [0.3, 0.4) is 0 Å². The molecule has 3 heteroatoms. The number of hydrogen-bond acceptors (Lipinski definition) is 2. The van der Waals surface area contributed by atoms with Gasteiger partial charge in [0.1, 0.15) is 0 Å². The van der Waals surface area contributed by atoms with Gasteiger partial charge in [-0.05, 0) is 55.9 Å². The number of amides is 1. The molecule has 3 N–H and O–H groups in total. The molecule has 0 spiro atoms. The van der Waals surface area contributed by atoms with Gasteiger partial charge in [-0.25, -0.2) is 0 Å². The molecule has 21 heavy (non-hydrogen) atoms. The van der Waals surface area contributed by atoms with E-state index < -0.39 is 0 Å². The predicted octanol–water partition coefficient (Wildman–Crippen LogP) is 2.81. The fraction of sp³-hybridized carbons (Fsp3) is 0.611. The summed E-state index contributed by atoms with van der Waals surface area (Å²) < 4.78 is 0. The summed E-state index contributed by atoms with van der Waals surface area (Å²) in [5, 5.41) is 3.19. The molecule has 2 fully saturated rings. The van der Waals surface area contributed by atoms with Gasteiger partial charge >= 0.3 is 0 Å². The van der Waals surface area contributed by atoms with Crippen LogP contribution >= 0.6 is 0 Å². The Labute approximate surface area is 127 Å². The minimum Gasteiger partial charge on any atom is -0.352 e. The van der Waals surface area contributed by atoms with Gasteiger partial charge in [0.15, 0.2) is 0 Å². The van der Waals surface area contributed by atoms with Crippen LogP contribution in [0, 0.1) is 11.8 Å². The zero-order chi connectivity index (χ0) is 14.7. The molecule has 1 atom stereocenters. The first kappa shape index (κ1) is 14.6. The number of carbonyl (C=O) groups is 1. The van der Waals surface area contributed by atoms with Gasteiger partial charge in [-0.1, -0.05) is 30.3 Å². The zero-order valence-electron chi connectivity index (χ0n) is 12.6. The van der Waals surface area contributed by atoms with Gasteiger partial charge in [-0.3, -0.25) is 4.79 Å². The van der Waals surface area contributed by atoms with Gasteiger partial charge in [0.2, 0.25) is 5.91 Å². The largest absolute Gasteiger partial charge is 0.352 e. The second kappa shape index (κ2) is 6.61. The highest BCUT2D eigenvalue weighted by atomic mass is 16.1. The van der Waals surface area contributed by atoms with Gasteiger partial charge in [-0.15, -0.1) is 0 Å². The Kier molecular flexibility index (Phi) is 4.59. The van der Waals surface area contributed by atoms with Crippen molar-refractivity contribution in [2.75, 3.05) is 6.54 Å². The van der Waals surface area contributed by atoms with Crippen LogP contribution in [0.5, 0.6) is 0 Å². The molecule has 1 amide bonds. The van der Waals surface area contributed by atoms with Gasteiger partial charge in [0.25, 0.3) is 0 Å². The smallest absolute Gasteiger partial charge is 0.223 e. The molecule has 1 aromatic carbocycles. The zero-order valence-corrected chi connectivity index (χ0v) is 12.6. The van der Waals surface area contributed by atoms with Crippen LogP contribution in [0.15, 0.2) is 30.3 Å². The average molecular weight is 286 g/mol. The predicted molar refractivity (Wildman–Crippen MR) is 84.9 cm³/mol. The Morgan fingerprint density at radius 1 is 1.10 bits per heavy atom. The Bertz CT molecular complexity index is 461. The summed E-state index contributed by atoms with van der Waals surface area (Å²) in [5.74, 6) is 1.70. The standard InChI is InChI=1S/C18H26N2O/c19-12-17(15-8-9-15)20-18(21)16-10-6-14(7-11-16)13-4-2-1-3-5-13/h1-5,14-17H,6-12,19H2,(H,20,21). The van der Waals surface area contributed by atoms with Crippen LogP contribution < -0.4 is 11.1 Å². The minimum atomic E-state index is 0.192. The summed E-state index contributed by atoms with van der Waals surface area (Å²) in [5.41, 5.74) is 7.20. The molecule has 0 bridgehead atoms. The van der Waals surface area contributed by atoms with Crippen molar-refractivity contribution in [2.24, 2.45) is 17.6 Å². The molecule has 114 valence electrons. The van der Waals surface area contributed by atoms with Crippen LogP contribution in [-0.2, 0) is 4.79 Å². The van der Waals surface area contributed by atoms with E-state index in [1.807, 2.05) is 0 Å². The molecule has 2 saturated carbocycles. The molecule has 0 aliphatic heterocycles. The number of carbonyl (C=O) groups excluding carboxylic acids is 1. The van der Waals surface area contributed by atoms with Crippen LogP contribution in [0.4, 0.5) is 0 Å². The molecule has 0 radical (unpaired) electrons. The highest BCUT2D eigenvalue weighted by molar-refractivity contribution is 5.79. The fourth-order valence-corrected chi connectivity index (χ4v) is 3.58. The lowest BCUT2D eigenvalue weighted by Gasteiger charge is -2.29. The van der Waals surface area contributed by atoms with Gasteiger partial charge < -0.3 is 11.1 Å². The van der Waals surface area contributed by atoms with Crippen LogP contribution in [-0.4, -0.2) is 18.5 Å². The van der Waals surface area contributed by atoms with E-state index in [-0.39, 0.29) is 17.9 Å². The van der Waals surface area contributed by atoms with Crippen LogP contribution in [0.1, 0.15) is 50.0 Å². The van der Waals surface area contributed by atoms with E-state index in [9.17, 15) is 4.79 Å². The number of benzene rings is 1. The summed E-state index contributed by atoms with van der Waals surface area (Å²) in [6.45, 7) is 0.579. The first-order valence-electron chi connectivity index (χ1n) is 8.33. The molecule has 2 aliphatic carbocycles. The Hall–Kier alpha value is -1.35. The minimum absolute atomic E-state index is 0.192. The Morgan fingerprint density at radius 2 is 1.76 bits per heavy atom. The molecule has 0 aromatic heterocycles. The lowest BCUT2D eigenvalue weighted by Crippen LogP contribution is -2.45. The summed E-state index contributed by atoms with van der Waals surface area (Å²) >= 11 is 0. The summed E-state index contributed by atoms with van der Waals surface area (Å²) in [7, 11) is 0. The second-order valence-electron chi connectivity index (χ2n) is 6.65. The van der Waals surface area contributed by atoms with Crippen molar-refractivity contribution in [3.8, 4) is 0 Å². The maximum Gasteiger partial charge on any atom is 0.223 e. The lowest BCUT2D eigenvalue weighted by molar-refractivity contribution is -0.126. The highest BCUT2D eigenvalue weighted by Gasteiger charge is 2.34. The summed E-state index contributed by atoms with van der Waals surface area (Å²) in [6.07, 6.45) is 6.71. The van der Waals surface area contributed by atoms with E-state index in [0.717, 1.165) is 25.7 Å². The van der Waals surface area contributed by atoms with Crippen molar-refractivity contribution in [1.29, 1.82) is 0 Å². The van der Waals surface area contributed by atoms with Crippen molar-refractivity contribution in [3.05, 3.63) is 35.9 Å². The maximum absolute atomic E-state index is 12.4. The van der Waals surface area contributed by atoms with E-state index in [4.69, 9.17) is 5.73 Å². The molecule has 3 nitrogen and oxygen atoms in total. The molecule has 0 heterocycles. The first-order valence-corrected chi connectivity index (χ1v) is 8.33. The summed E-state index contributed by atoms with van der Waals surface area (Å²) in [6, 6.07) is 10.9. The third-order valence-electron chi connectivity index (χ3n) is 5.14. The quantitative estimate of drug-likeness (QED) is 0.874. The lowest BCUT2D eigenvalue weighted by atomic mass is 9.78. The topological polar surface area (TPSA) is 55.1 Å². The average Bonchev–Trinajstić information content (AvgIpc) is 3.38. The van der Waals surface area contributed by atoms with Crippen molar-refractivity contribution in [1.82, 2.24) is 5.32 Å². The fourth-order valence-electron chi connectivity index (χ4n) is 3.58.